The molecular weight excluding hydrogens is 524 g/mol. The lowest BCUT2D eigenvalue weighted by Gasteiger charge is -2.56. The Labute approximate surface area is 246 Å². The van der Waals surface area contributed by atoms with Crippen LogP contribution < -0.4 is 9.64 Å². The number of carboxylic acid groups (broad SMARTS) is 1. The number of hydrogen-bond acceptors (Lipinski definition) is 5. The van der Waals surface area contributed by atoms with Crippen LogP contribution in [0.1, 0.15) is 84.8 Å². The fraction of sp³-hybridized carbons (Fsp3) is 0.429. The fourth-order valence-electron chi connectivity index (χ4n) is 8.03. The van der Waals surface area contributed by atoms with Gasteiger partial charge in [-0.1, -0.05) is 24.3 Å². The molecule has 2 saturated heterocycles. The molecule has 4 heterocycles. The minimum absolute atomic E-state index is 0.159. The van der Waals surface area contributed by atoms with E-state index in [4.69, 9.17) is 4.74 Å². The second kappa shape index (κ2) is 10.2. The summed E-state index contributed by atoms with van der Waals surface area (Å²) < 4.78 is 6.11. The molecule has 7 nitrogen and oxygen atoms in total. The van der Waals surface area contributed by atoms with Gasteiger partial charge >= 0.3 is 5.97 Å². The average molecular weight is 563 g/mol. The van der Waals surface area contributed by atoms with Gasteiger partial charge in [-0.15, -0.1) is 0 Å². The standard InChI is InChI=1S/C35H38N4O3/c40-34(41)30-10-9-25(19-32(30)42-27-18-24-11-14-36-33(24)37-22-27)38-16-12-35(13-17-38)20-26(21-35)39-15-3-6-31(39)29-5-2-1-4-28(29)23-7-8-23/h1-2,4-5,9-11,14,18-19,22-23,26,31H,3,6-8,12-13,15-17,20-21H2,(H,36,37)(H,40,41)/t31-/m1/s1. The number of ether oxygens (including phenoxy) is 1. The summed E-state index contributed by atoms with van der Waals surface area (Å²) in [5, 5.41) is 10.7. The normalized spacial score (nSPS) is 22.5. The Kier molecular flexibility index (Phi) is 6.25. The predicted molar refractivity (Wildman–Crippen MR) is 164 cm³/mol. The summed E-state index contributed by atoms with van der Waals surface area (Å²) in [4.78, 5) is 24.7. The van der Waals surface area contributed by atoms with Crippen LogP contribution in [0.15, 0.2) is 67.0 Å². The van der Waals surface area contributed by atoms with Crippen molar-refractivity contribution in [2.45, 2.75) is 69.4 Å². The second-order valence-corrected chi connectivity index (χ2v) is 13.0. The Bertz CT molecular complexity index is 1630. The lowest BCUT2D eigenvalue weighted by molar-refractivity contribution is -0.0227. The number of likely N-dealkylation sites (tertiary alicyclic amines) is 1. The molecule has 2 N–H and O–H groups in total. The number of aromatic amines is 1. The molecule has 0 bridgehead atoms. The molecule has 2 aromatic carbocycles. The van der Waals surface area contributed by atoms with Gasteiger partial charge in [0.25, 0.3) is 0 Å². The van der Waals surface area contributed by atoms with Crippen molar-refractivity contribution in [2.75, 3.05) is 24.5 Å². The number of carbonyl (C=O) groups is 1. The van der Waals surface area contributed by atoms with Crippen LogP contribution in [-0.4, -0.2) is 51.6 Å². The summed E-state index contributed by atoms with van der Waals surface area (Å²) in [5.74, 6) is 0.688. The molecule has 0 amide bonds. The first-order valence-electron chi connectivity index (χ1n) is 15.6. The van der Waals surface area contributed by atoms with Crippen molar-refractivity contribution in [1.29, 1.82) is 0 Å². The first-order chi connectivity index (χ1) is 20.6. The Balaban J connectivity index is 0.936. The van der Waals surface area contributed by atoms with Crippen LogP contribution in [0.2, 0.25) is 0 Å². The highest BCUT2D eigenvalue weighted by Gasteiger charge is 2.50. The van der Waals surface area contributed by atoms with Crippen LogP contribution >= 0.6 is 0 Å². The number of H-pyrrole nitrogens is 1. The molecule has 1 spiro atoms. The third-order valence-electron chi connectivity index (χ3n) is 10.5. The number of benzene rings is 2. The van der Waals surface area contributed by atoms with Gasteiger partial charge in [0.05, 0.1) is 6.20 Å². The summed E-state index contributed by atoms with van der Waals surface area (Å²) in [6.07, 6.45) is 13.8. The molecule has 2 aliphatic heterocycles. The Morgan fingerprint density at radius 3 is 2.57 bits per heavy atom. The molecule has 0 unspecified atom stereocenters. The number of pyridine rings is 1. The highest BCUT2D eigenvalue weighted by Crippen LogP contribution is 2.55. The van der Waals surface area contributed by atoms with E-state index in [1.165, 1.54) is 57.9 Å². The largest absolute Gasteiger partial charge is 0.478 e. The van der Waals surface area contributed by atoms with Gasteiger partial charge in [0.15, 0.2) is 0 Å². The third kappa shape index (κ3) is 4.64. The summed E-state index contributed by atoms with van der Waals surface area (Å²) in [7, 11) is 0. The fourth-order valence-corrected chi connectivity index (χ4v) is 8.03. The smallest absolute Gasteiger partial charge is 0.339 e. The molecule has 4 aliphatic rings. The van der Waals surface area contributed by atoms with Crippen molar-refractivity contribution in [3.05, 3.63) is 83.7 Å². The minimum atomic E-state index is -0.995. The number of aromatic carboxylic acids is 1. The number of piperidine rings is 1. The van der Waals surface area contributed by atoms with Crippen molar-refractivity contribution in [1.82, 2.24) is 14.9 Å². The van der Waals surface area contributed by atoms with Gasteiger partial charge in [0.1, 0.15) is 22.7 Å². The highest BCUT2D eigenvalue weighted by molar-refractivity contribution is 5.92. The van der Waals surface area contributed by atoms with Gasteiger partial charge < -0.3 is 19.7 Å². The zero-order valence-corrected chi connectivity index (χ0v) is 24.0. The Hall–Kier alpha value is -3.84. The molecule has 1 atom stereocenters. The lowest BCUT2D eigenvalue weighted by Crippen LogP contribution is -2.54. The SMILES string of the molecule is O=C(O)c1ccc(N2CCC3(CC2)CC(N2CCC[C@@H]2c2ccccc2C2CC2)C3)cc1Oc1cnc2[nH]ccc2c1. The van der Waals surface area contributed by atoms with Crippen molar-refractivity contribution in [3.8, 4) is 11.5 Å². The molecule has 4 fully saturated rings. The first kappa shape index (κ1) is 25.8. The van der Waals surface area contributed by atoms with Gasteiger partial charge in [0.2, 0.25) is 0 Å². The quantitative estimate of drug-likeness (QED) is 0.243. The van der Waals surface area contributed by atoms with E-state index in [0.717, 1.165) is 35.7 Å². The van der Waals surface area contributed by atoms with E-state index in [2.05, 4.69) is 44.0 Å². The zero-order valence-electron chi connectivity index (χ0n) is 24.0. The van der Waals surface area contributed by atoms with E-state index >= 15 is 0 Å². The molecule has 216 valence electrons. The highest BCUT2D eigenvalue weighted by atomic mass is 16.5. The van der Waals surface area contributed by atoms with Crippen LogP contribution in [0.4, 0.5) is 5.69 Å². The number of nitrogens with zero attached hydrogens (tertiary/aromatic N) is 3. The number of anilines is 1. The van der Waals surface area contributed by atoms with E-state index in [1.807, 2.05) is 30.5 Å². The van der Waals surface area contributed by atoms with Gasteiger partial charge in [-0.2, -0.15) is 0 Å². The van der Waals surface area contributed by atoms with Gasteiger partial charge in [-0.05, 0) is 105 Å². The van der Waals surface area contributed by atoms with Gasteiger partial charge in [-0.3, -0.25) is 4.90 Å². The Morgan fingerprint density at radius 1 is 0.976 bits per heavy atom. The maximum absolute atomic E-state index is 12.0. The van der Waals surface area contributed by atoms with Crippen LogP contribution in [0, 0.1) is 5.41 Å². The summed E-state index contributed by atoms with van der Waals surface area (Å²) in [5.41, 5.74) is 5.63. The van der Waals surface area contributed by atoms with E-state index in [0.29, 0.717) is 29.0 Å². The van der Waals surface area contributed by atoms with Crippen molar-refractivity contribution < 1.29 is 14.6 Å². The number of nitrogens with one attached hydrogen (secondary N) is 1. The maximum Gasteiger partial charge on any atom is 0.339 e. The minimum Gasteiger partial charge on any atom is -0.478 e. The average Bonchev–Trinajstić information content (AvgIpc) is 3.54. The van der Waals surface area contributed by atoms with Crippen LogP contribution in [0.3, 0.4) is 0 Å². The zero-order chi connectivity index (χ0) is 28.3. The van der Waals surface area contributed by atoms with Crippen LogP contribution in [0.25, 0.3) is 11.0 Å². The lowest BCUT2D eigenvalue weighted by atomic mass is 9.59. The molecule has 2 aromatic heterocycles. The van der Waals surface area contributed by atoms with Gasteiger partial charge in [-0.25, -0.2) is 9.78 Å². The molecule has 2 saturated carbocycles. The van der Waals surface area contributed by atoms with E-state index in [1.54, 1.807) is 23.4 Å². The number of hydrogen-bond donors (Lipinski definition) is 2. The first-order valence-corrected chi connectivity index (χ1v) is 15.6. The maximum atomic E-state index is 12.0. The van der Waals surface area contributed by atoms with Crippen molar-refractivity contribution in [3.63, 3.8) is 0 Å². The van der Waals surface area contributed by atoms with Gasteiger partial charge in [0, 0.05) is 48.5 Å². The topological polar surface area (TPSA) is 81.7 Å². The van der Waals surface area contributed by atoms with E-state index in [-0.39, 0.29) is 5.56 Å². The number of rotatable bonds is 7. The van der Waals surface area contributed by atoms with E-state index in [9.17, 15) is 9.90 Å². The number of carboxylic acids is 1. The predicted octanol–water partition coefficient (Wildman–Crippen LogP) is 7.52. The summed E-state index contributed by atoms with van der Waals surface area (Å²) >= 11 is 0. The molecular formula is C35H38N4O3. The monoisotopic (exact) mass is 562 g/mol. The molecule has 7 heteroatoms. The molecule has 42 heavy (non-hydrogen) atoms. The molecule has 2 aliphatic carbocycles. The van der Waals surface area contributed by atoms with E-state index < -0.39 is 5.97 Å². The third-order valence-corrected chi connectivity index (χ3v) is 10.5. The van der Waals surface area contributed by atoms with Crippen molar-refractivity contribution >= 4 is 22.7 Å². The summed E-state index contributed by atoms with van der Waals surface area (Å²) in [6.45, 7) is 3.22. The Morgan fingerprint density at radius 2 is 1.79 bits per heavy atom. The summed E-state index contributed by atoms with van der Waals surface area (Å²) in [6, 6.07) is 19.9. The van der Waals surface area contributed by atoms with Crippen molar-refractivity contribution in [2.24, 2.45) is 5.41 Å². The molecule has 0 radical (unpaired) electrons. The second-order valence-electron chi connectivity index (χ2n) is 13.0. The molecule has 8 rings (SSSR count). The number of fused-ring (bicyclic) bond motifs is 1. The van der Waals surface area contributed by atoms with Crippen LogP contribution in [-0.2, 0) is 0 Å². The van der Waals surface area contributed by atoms with Crippen LogP contribution in [0.5, 0.6) is 11.5 Å². The number of aromatic nitrogens is 2. The molecule has 4 aromatic rings.